The summed E-state index contributed by atoms with van der Waals surface area (Å²) in [6.45, 7) is 4.24. The first-order valence-electron chi connectivity index (χ1n) is 9.21. The third kappa shape index (κ3) is 4.31. The molecule has 0 bridgehead atoms. The van der Waals surface area contributed by atoms with Gasteiger partial charge in [0.05, 0.1) is 12.2 Å². The van der Waals surface area contributed by atoms with Gasteiger partial charge in [0.1, 0.15) is 5.75 Å². The number of anilines is 1. The zero-order valence-corrected chi connectivity index (χ0v) is 14.9. The lowest BCUT2D eigenvalue weighted by molar-refractivity contribution is -0.123. The van der Waals surface area contributed by atoms with Gasteiger partial charge in [-0.25, -0.2) is 0 Å². The van der Waals surface area contributed by atoms with Gasteiger partial charge in [-0.1, -0.05) is 25.8 Å². The van der Waals surface area contributed by atoms with Crippen LogP contribution in [0.25, 0.3) is 0 Å². The van der Waals surface area contributed by atoms with Gasteiger partial charge in [-0.15, -0.1) is 0 Å². The summed E-state index contributed by atoms with van der Waals surface area (Å²) in [6.07, 6.45) is 4.79. The number of hydrogen-bond acceptors (Lipinski definition) is 4. The lowest BCUT2D eigenvalue weighted by Crippen LogP contribution is -2.39. The number of carbonyl (C=O) groups is 2. The number of benzene rings is 1. The van der Waals surface area contributed by atoms with Gasteiger partial charge in [0.25, 0.3) is 5.91 Å². The molecule has 0 saturated heterocycles. The second-order valence-electron chi connectivity index (χ2n) is 6.91. The van der Waals surface area contributed by atoms with Crippen LogP contribution in [-0.2, 0) is 9.59 Å². The number of hydrogen-bond donors (Lipinski definition) is 3. The van der Waals surface area contributed by atoms with Crippen molar-refractivity contribution in [2.24, 2.45) is 0 Å². The van der Waals surface area contributed by atoms with Crippen LogP contribution in [-0.4, -0.2) is 30.5 Å². The minimum atomic E-state index is -0.441. The summed E-state index contributed by atoms with van der Waals surface area (Å²) in [4.78, 5) is 23.9. The Hall–Kier alpha value is -2.08. The fourth-order valence-electron chi connectivity index (χ4n) is 3.41. The van der Waals surface area contributed by atoms with Gasteiger partial charge in [0, 0.05) is 12.1 Å². The summed E-state index contributed by atoms with van der Waals surface area (Å²) in [7, 11) is 0. The Labute approximate surface area is 148 Å². The van der Waals surface area contributed by atoms with Gasteiger partial charge in [0.2, 0.25) is 5.91 Å². The normalized spacial score (nSPS) is 21.2. The average molecular weight is 345 g/mol. The summed E-state index contributed by atoms with van der Waals surface area (Å²) in [5.41, 5.74) is 1.73. The minimum absolute atomic E-state index is 0.0148. The molecule has 6 nitrogen and oxygen atoms in total. The maximum absolute atomic E-state index is 12.0. The topological polar surface area (TPSA) is 79.5 Å². The largest absolute Gasteiger partial charge is 0.478 e. The van der Waals surface area contributed by atoms with Crippen molar-refractivity contribution < 1.29 is 14.3 Å². The molecule has 2 aliphatic rings. The van der Waals surface area contributed by atoms with E-state index in [-0.39, 0.29) is 17.9 Å². The molecule has 3 N–H and O–H groups in total. The van der Waals surface area contributed by atoms with Crippen LogP contribution in [0.1, 0.15) is 57.6 Å². The van der Waals surface area contributed by atoms with Crippen molar-refractivity contribution in [1.29, 1.82) is 0 Å². The van der Waals surface area contributed by atoms with Crippen molar-refractivity contribution in [2.45, 2.75) is 64.1 Å². The first-order chi connectivity index (χ1) is 12.1. The molecule has 2 atom stereocenters. The average Bonchev–Trinajstić information content (AvgIpc) is 3.11. The zero-order chi connectivity index (χ0) is 17.8. The maximum Gasteiger partial charge on any atom is 0.265 e. The predicted molar refractivity (Wildman–Crippen MR) is 96.6 cm³/mol. The van der Waals surface area contributed by atoms with Crippen molar-refractivity contribution in [3.8, 4) is 5.75 Å². The second kappa shape index (κ2) is 7.87. The molecular formula is C19H27N3O3. The van der Waals surface area contributed by atoms with E-state index in [0.717, 1.165) is 18.4 Å². The third-order valence-electron chi connectivity index (χ3n) is 4.99. The van der Waals surface area contributed by atoms with E-state index >= 15 is 0 Å². The molecule has 3 rings (SSSR count). The highest BCUT2D eigenvalue weighted by atomic mass is 16.5. The molecular weight excluding hydrogens is 318 g/mol. The van der Waals surface area contributed by atoms with Crippen LogP contribution in [0.4, 0.5) is 5.69 Å². The van der Waals surface area contributed by atoms with Crippen molar-refractivity contribution in [3.63, 3.8) is 0 Å². The molecule has 2 amide bonds. The lowest BCUT2D eigenvalue weighted by Gasteiger charge is -2.26. The Kier molecular flexibility index (Phi) is 5.58. The molecule has 136 valence electrons. The maximum atomic E-state index is 12.0. The number of carbonyl (C=O) groups excluding carboxylic acids is 2. The fraction of sp³-hybridized carbons (Fsp3) is 0.579. The molecule has 0 aromatic heterocycles. The highest BCUT2D eigenvalue weighted by molar-refractivity contribution is 5.97. The van der Waals surface area contributed by atoms with Crippen molar-refractivity contribution in [3.05, 3.63) is 23.8 Å². The minimum Gasteiger partial charge on any atom is -0.478 e. The molecule has 0 radical (unpaired) electrons. The van der Waals surface area contributed by atoms with Crippen molar-refractivity contribution >= 4 is 17.5 Å². The Bertz CT molecular complexity index is 641. The van der Waals surface area contributed by atoms with E-state index in [0.29, 0.717) is 30.4 Å². The number of fused-ring (bicyclic) bond motifs is 1. The summed E-state index contributed by atoms with van der Waals surface area (Å²) in [5, 5.41) is 9.21. The van der Waals surface area contributed by atoms with E-state index in [2.05, 4.69) is 16.0 Å². The van der Waals surface area contributed by atoms with Gasteiger partial charge in [-0.2, -0.15) is 0 Å². The summed E-state index contributed by atoms with van der Waals surface area (Å²) >= 11 is 0. The van der Waals surface area contributed by atoms with E-state index in [9.17, 15) is 9.59 Å². The highest BCUT2D eigenvalue weighted by Gasteiger charge is 2.26. The Balaban J connectivity index is 1.56. The molecule has 1 saturated carbocycles. The van der Waals surface area contributed by atoms with Crippen LogP contribution in [0.2, 0.25) is 0 Å². The van der Waals surface area contributed by atoms with E-state index < -0.39 is 6.10 Å². The van der Waals surface area contributed by atoms with Gasteiger partial charge < -0.3 is 20.7 Å². The second-order valence-corrected chi connectivity index (χ2v) is 6.91. The van der Waals surface area contributed by atoms with E-state index in [1.165, 1.54) is 12.8 Å². The zero-order valence-electron chi connectivity index (χ0n) is 14.9. The van der Waals surface area contributed by atoms with Gasteiger partial charge in [0.15, 0.2) is 6.10 Å². The van der Waals surface area contributed by atoms with Crippen LogP contribution in [0, 0.1) is 0 Å². The molecule has 1 aliphatic carbocycles. The summed E-state index contributed by atoms with van der Waals surface area (Å²) in [5.74, 6) is 0.636. The molecule has 1 aromatic rings. The molecule has 2 unspecified atom stereocenters. The lowest BCUT2D eigenvalue weighted by atomic mass is 10.1. The van der Waals surface area contributed by atoms with Crippen LogP contribution in [0.3, 0.4) is 0 Å². The molecule has 1 aliphatic heterocycles. The highest BCUT2D eigenvalue weighted by Crippen LogP contribution is 2.32. The molecule has 0 spiro atoms. The quantitative estimate of drug-likeness (QED) is 0.740. The predicted octanol–water partition coefficient (Wildman–Crippen LogP) is 2.51. The number of nitrogens with one attached hydrogen (secondary N) is 3. The van der Waals surface area contributed by atoms with Gasteiger partial charge >= 0.3 is 0 Å². The molecule has 25 heavy (non-hydrogen) atoms. The van der Waals surface area contributed by atoms with Crippen molar-refractivity contribution in [2.75, 3.05) is 11.9 Å². The van der Waals surface area contributed by atoms with E-state index in [4.69, 9.17) is 4.74 Å². The van der Waals surface area contributed by atoms with Crippen LogP contribution in [0.5, 0.6) is 5.75 Å². The van der Waals surface area contributed by atoms with E-state index in [1.807, 2.05) is 32.0 Å². The van der Waals surface area contributed by atoms with Crippen LogP contribution < -0.4 is 20.7 Å². The third-order valence-corrected chi connectivity index (χ3v) is 4.99. The van der Waals surface area contributed by atoms with Gasteiger partial charge in [-0.05, 0) is 43.9 Å². The molecule has 1 heterocycles. The number of amides is 2. The summed E-state index contributed by atoms with van der Waals surface area (Å²) in [6, 6.07) is 6.09. The smallest absolute Gasteiger partial charge is 0.265 e. The van der Waals surface area contributed by atoms with E-state index in [1.54, 1.807) is 0 Å². The first-order valence-corrected chi connectivity index (χ1v) is 9.21. The first kappa shape index (κ1) is 17.7. The van der Waals surface area contributed by atoms with Crippen molar-refractivity contribution in [1.82, 2.24) is 10.6 Å². The molecule has 1 fully saturated rings. The van der Waals surface area contributed by atoms with Crippen LogP contribution in [0.15, 0.2) is 18.2 Å². The monoisotopic (exact) mass is 345 g/mol. The standard InChI is InChI=1S/C19H27N3O3/c1-3-16-19(24)22-15-9-8-13(10-17(15)25-16)12(2)20-11-18(23)21-14-6-4-5-7-14/h8-10,12,14,16,20H,3-7,11H2,1-2H3,(H,21,23)(H,22,24). The Morgan fingerprint density at radius 1 is 1.36 bits per heavy atom. The van der Waals surface area contributed by atoms with Crippen LogP contribution >= 0.6 is 0 Å². The number of ether oxygens (including phenoxy) is 1. The fourth-order valence-corrected chi connectivity index (χ4v) is 3.41. The Morgan fingerprint density at radius 2 is 2.12 bits per heavy atom. The molecule has 6 heteroatoms. The SMILES string of the molecule is CCC1Oc2cc(C(C)NCC(=O)NC3CCCC3)ccc2NC1=O. The number of rotatable bonds is 6. The Morgan fingerprint density at radius 3 is 2.84 bits per heavy atom. The van der Waals surface area contributed by atoms with Gasteiger partial charge in [-0.3, -0.25) is 9.59 Å². The molecule has 1 aromatic carbocycles. The summed E-state index contributed by atoms with van der Waals surface area (Å²) < 4.78 is 5.78.